The third kappa shape index (κ3) is 1.46. The van der Waals surface area contributed by atoms with E-state index in [1.165, 1.54) is 0 Å². The maximum atomic E-state index is 5.88. The molecule has 0 saturated carbocycles. The number of fused-ring (bicyclic) bond motifs is 1. The Bertz CT molecular complexity index is 645. The lowest BCUT2D eigenvalue weighted by Crippen LogP contribution is -1.92. The minimum Gasteiger partial charge on any atom is -0.298 e. The molecule has 0 fully saturated rings. The highest BCUT2D eigenvalue weighted by Gasteiger charge is 2.04. The number of nitrogens with zero attached hydrogens (tertiary/aromatic N) is 3. The van der Waals surface area contributed by atoms with Crippen molar-refractivity contribution < 1.29 is 0 Å². The van der Waals surface area contributed by atoms with Crippen molar-refractivity contribution in [2.45, 2.75) is 0 Å². The summed E-state index contributed by atoms with van der Waals surface area (Å²) >= 11 is 5.88. The van der Waals surface area contributed by atoms with Gasteiger partial charge in [-0.05, 0) is 24.3 Å². The van der Waals surface area contributed by atoms with E-state index in [4.69, 9.17) is 11.6 Å². The van der Waals surface area contributed by atoms with Crippen LogP contribution in [-0.2, 0) is 0 Å². The van der Waals surface area contributed by atoms with Gasteiger partial charge < -0.3 is 0 Å². The van der Waals surface area contributed by atoms with Gasteiger partial charge in [-0.2, -0.15) is 0 Å². The highest BCUT2D eigenvalue weighted by molar-refractivity contribution is 6.29. The molecule has 3 nitrogen and oxygen atoms in total. The smallest absolute Gasteiger partial charge is 0.137 e. The molecule has 0 unspecified atom stereocenters. The topological polar surface area (TPSA) is 30.2 Å². The van der Waals surface area contributed by atoms with E-state index in [0.717, 1.165) is 17.0 Å². The molecule has 0 radical (unpaired) electrons. The summed E-state index contributed by atoms with van der Waals surface area (Å²) in [6.07, 6.45) is 3.68. The number of aromatic nitrogens is 3. The maximum absolute atomic E-state index is 5.88. The molecule has 0 aliphatic rings. The zero-order valence-corrected chi connectivity index (χ0v) is 9.09. The molecule has 3 heterocycles. The quantitative estimate of drug-likeness (QED) is 0.601. The predicted octanol–water partition coefficient (Wildman–Crippen LogP) is 3.05. The van der Waals surface area contributed by atoms with E-state index >= 15 is 0 Å². The number of imidazole rings is 1. The lowest BCUT2D eigenvalue weighted by molar-refractivity contribution is 1.16. The first-order valence-electron chi connectivity index (χ1n) is 4.89. The van der Waals surface area contributed by atoms with Crippen molar-refractivity contribution >= 4 is 17.2 Å². The molecule has 0 bridgehead atoms. The Balaban J connectivity index is 2.29. The Morgan fingerprint density at radius 1 is 1.06 bits per heavy atom. The SMILES string of the molecule is Clc1cccc(-c2cccc3nccn23)n1. The van der Waals surface area contributed by atoms with Gasteiger partial charge >= 0.3 is 0 Å². The molecule has 3 aromatic heterocycles. The van der Waals surface area contributed by atoms with Crippen LogP contribution in [0.15, 0.2) is 48.8 Å². The van der Waals surface area contributed by atoms with Crippen molar-refractivity contribution in [3.8, 4) is 11.4 Å². The van der Waals surface area contributed by atoms with Crippen LogP contribution in [0.2, 0.25) is 5.15 Å². The van der Waals surface area contributed by atoms with E-state index in [1.807, 2.05) is 40.9 Å². The first-order valence-corrected chi connectivity index (χ1v) is 5.27. The molecule has 0 N–H and O–H groups in total. The van der Waals surface area contributed by atoms with E-state index in [-0.39, 0.29) is 0 Å². The summed E-state index contributed by atoms with van der Waals surface area (Å²) in [6.45, 7) is 0. The highest BCUT2D eigenvalue weighted by atomic mass is 35.5. The lowest BCUT2D eigenvalue weighted by Gasteiger charge is -2.04. The van der Waals surface area contributed by atoms with Gasteiger partial charge in [0.25, 0.3) is 0 Å². The van der Waals surface area contributed by atoms with Crippen LogP contribution in [0.25, 0.3) is 17.0 Å². The molecule has 16 heavy (non-hydrogen) atoms. The van der Waals surface area contributed by atoms with Crippen LogP contribution in [0.1, 0.15) is 0 Å². The summed E-state index contributed by atoms with van der Waals surface area (Å²) in [5, 5.41) is 0.495. The minimum absolute atomic E-state index is 0.495. The standard InChI is InChI=1S/C12H8ClN3/c13-11-5-1-3-9(15-11)10-4-2-6-12-14-7-8-16(10)12/h1-8H. The van der Waals surface area contributed by atoms with Gasteiger partial charge in [0.05, 0.1) is 11.4 Å². The Morgan fingerprint density at radius 2 is 1.94 bits per heavy atom. The number of hydrogen-bond donors (Lipinski definition) is 0. The average molecular weight is 230 g/mol. The van der Waals surface area contributed by atoms with Crippen molar-refractivity contribution in [1.29, 1.82) is 0 Å². The molecule has 0 saturated heterocycles. The summed E-state index contributed by atoms with van der Waals surface area (Å²) in [6, 6.07) is 11.5. The minimum atomic E-state index is 0.495. The van der Waals surface area contributed by atoms with Crippen LogP contribution in [0, 0.1) is 0 Å². The third-order valence-electron chi connectivity index (χ3n) is 2.41. The zero-order valence-electron chi connectivity index (χ0n) is 8.34. The Kier molecular flexibility index (Phi) is 2.11. The largest absolute Gasteiger partial charge is 0.298 e. The molecule has 0 aliphatic heterocycles. The van der Waals surface area contributed by atoms with Gasteiger partial charge in [-0.3, -0.25) is 4.40 Å². The molecule has 0 aromatic carbocycles. The second-order valence-corrected chi connectivity index (χ2v) is 3.80. The van der Waals surface area contributed by atoms with Crippen molar-refractivity contribution in [2.75, 3.05) is 0 Å². The molecule has 78 valence electrons. The average Bonchev–Trinajstić information content (AvgIpc) is 2.76. The maximum Gasteiger partial charge on any atom is 0.137 e. The summed E-state index contributed by atoms with van der Waals surface area (Å²) in [4.78, 5) is 8.52. The van der Waals surface area contributed by atoms with Crippen LogP contribution < -0.4 is 0 Å². The molecule has 0 spiro atoms. The number of hydrogen-bond acceptors (Lipinski definition) is 2. The van der Waals surface area contributed by atoms with E-state index in [2.05, 4.69) is 9.97 Å². The number of pyridine rings is 2. The van der Waals surface area contributed by atoms with Gasteiger partial charge in [0.15, 0.2) is 0 Å². The second kappa shape index (κ2) is 3.61. The molecular weight excluding hydrogens is 222 g/mol. The van der Waals surface area contributed by atoms with Crippen molar-refractivity contribution in [3.05, 3.63) is 53.9 Å². The van der Waals surface area contributed by atoms with Crippen molar-refractivity contribution in [2.24, 2.45) is 0 Å². The van der Waals surface area contributed by atoms with Crippen LogP contribution >= 0.6 is 11.6 Å². The fourth-order valence-corrected chi connectivity index (χ4v) is 1.87. The fraction of sp³-hybridized carbons (Fsp3) is 0. The van der Waals surface area contributed by atoms with Crippen LogP contribution in [0.4, 0.5) is 0 Å². The van der Waals surface area contributed by atoms with E-state index in [0.29, 0.717) is 5.15 Å². The normalized spacial score (nSPS) is 10.8. The highest BCUT2D eigenvalue weighted by Crippen LogP contribution is 2.19. The van der Waals surface area contributed by atoms with Gasteiger partial charge in [-0.1, -0.05) is 23.7 Å². The van der Waals surface area contributed by atoms with E-state index in [9.17, 15) is 0 Å². The van der Waals surface area contributed by atoms with Gasteiger partial charge in [-0.25, -0.2) is 9.97 Å². The first-order chi connectivity index (χ1) is 7.84. The first kappa shape index (κ1) is 9.36. The Morgan fingerprint density at radius 3 is 2.81 bits per heavy atom. The fourth-order valence-electron chi connectivity index (χ4n) is 1.71. The van der Waals surface area contributed by atoms with Crippen LogP contribution in [-0.4, -0.2) is 14.4 Å². The second-order valence-electron chi connectivity index (χ2n) is 3.41. The Labute approximate surface area is 97.3 Å². The molecule has 0 atom stereocenters. The van der Waals surface area contributed by atoms with Crippen LogP contribution in [0.5, 0.6) is 0 Å². The molecule has 0 amide bonds. The molecule has 4 heteroatoms. The summed E-state index contributed by atoms with van der Waals surface area (Å²) < 4.78 is 1.98. The molecule has 0 aliphatic carbocycles. The molecule has 3 aromatic rings. The number of rotatable bonds is 1. The van der Waals surface area contributed by atoms with Crippen molar-refractivity contribution in [3.63, 3.8) is 0 Å². The van der Waals surface area contributed by atoms with Gasteiger partial charge in [0.1, 0.15) is 10.8 Å². The van der Waals surface area contributed by atoms with Crippen LogP contribution in [0.3, 0.4) is 0 Å². The summed E-state index contributed by atoms with van der Waals surface area (Å²) in [5.74, 6) is 0. The Hall–Kier alpha value is -1.87. The van der Waals surface area contributed by atoms with E-state index in [1.54, 1.807) is 12.3 Å². The van der Waals surface area contributed by atoms with Gasteiger partial charge in [0.2, 0.25) is 0 Å². The number of halogens is 1. The van der Waals surface area contributed by atoms with Gasteiger partial charge in [0, 0.05) is 12.4 Å². The molecular formula is C12H8ClN3. The van der Waals surface area contributed by atoms with Crippen molar-refractivity contribution in [1.82, 2.24) is 14.4 Å². The summed E-state index contributed by atoms with van der Waals surface area (Å²) in [7, 11) is 0. The summed E-state index contributed by atoms with van der Waals surface area (Å²) in [5.41, 5.74) is 2.73. The van der Waals surface area contributed by atoms with E-state index < -0.39 is 0 Å². The zero-order chi connectivity index (χ0) is 11.0. The van der Waals surface area contributed by atoms with Gasteiger partial charge in [-0.15, -0.1) is 0 Å². The monoisotopic (exact) mass is 229 g/mol. The molecule has 3 rings (SSSR count). The lowest BCUT2D eigenvalue weighted by atomic mass is 10.2. The third-order valence-corrected chi connectivity index (χ3v) is 2.62. The predicted molar refractivity (Wildman–Crippen MR) is 63.4 cm³/mol.